The fraction of sp³-hybridized carbons (Fsp3) is 0.737. The predicted molar refractivity (Wildman–Crippen MR) is 129 cm³/mol. The average molecular weight is 545 g/mol. The monoisotopic (exact) mass is 544 g/mol. The highest BCUT2D eigenvalue weighted by atomic mass is 127. The summed E-state index contributed by atoms with van der Waals surface area (Å²) in [5, 5.41) is 16.8. The van der Waals surface area contributed by atoms with E-state index < -0.39 is 6.10 Å². The third-order valence-electron chi connectivity index (χ3n) is 4.63. The molecule has 28 heavy (non-hydrogen) atoms. The molecule has 1 saturated heterocycles. The summed E-state index contributed by atoms with van der Waals surface area (Å²) in [4.78, 5) is 8.05. The first kappa shape index (κ1) is 25.9. The van der Waals surface area contributed by atoms with Crippen molar-refractivity contribution in [3.05, 3.63) is 21.3 Å². The van der Waals surface area contributed by atoms with Crippen molar-refractivity contribution in [1.29, 1.82) is 0 Å². The van der Waals surface area contributed by atoms with Crippen LogP contribution in [0.25, 0.3) is 0 Å². The van der Waals surface area contributed by atoms with Gasteiger partial charge in [-0.1, -0.05) is 11.6 Å². The Morgan fingerprint density at radius 2 is 2.00 bits per heavy atom. The molecule has 2 heterocycles. The summed E-state index contributed by atoms with van der Waals surface area (Å²) in [6.07, 6.45) is -0.146. The van der Waals surface area contributed by atoms with Gasteiger partial charge in [0.15, 0.2) is 5.96 Å². The highest BCUT2D eigenvalue weighted by Crippen LogP contribution is 2.26. The van der Waals surface area contributed by atoms with Crippen LogP contribution >= 0.6 is 46.9 Å². The number of nitrogens with one attached hydrogen (secondary N) is 2. The molecule has 3 atom stereocenters. The number of aliphatic hydroxyl groups excluding tert-OH is 1. The van der Waals surface area contributed by atoms with Crippen LogP contribution in [0.4, 0.5) is 0 Å². The van der Waals surface area contributed by atoms with Crippen molar-refractivity contribution in [3.8, 4) is 0 Å². The Morgan fingerprint density at radius 1 is 1.36 bits per heavy atom. The maximum Gasteiger partial charge on any atom is 0.191 e. The molecule has 2 rings (SSSR count). The first-order valence-corrected chi connectivity index (χ1v) is 10.8. The van der Waals surface area contributed by atoms with Gasteiger partial charge < -0.3 is 20.5 Å². The molecule has 6 nitrogen and oxygen atoms in total. The van der Waals surface area contributed by atoms with Crippen molar-refractivity contribution in [1.82, 2.24) is 15.5 Å². The number of ether oxygens (including phenoxy) is 1. The van der Waals surface area contributed by atoms with Crippen LogP contribution in [-0.2, 0) is 4.74 Å². The molecule has 3 unspecified atom stereocenters. The molecule has 0 saturated carbocycles. The predicted octanol–water partition coefficient (Wildman–Crippen LogP) is 3.50. The lowest BCUT2D eigenvalue weighted by molar-refractivity contribution is -0.0939. The van der Waals surface area contributed by atoms with E-state index in [1.54, 1.807) is 6.07 Å². The average Bonchev–Trinajstić information content (AvgIpc) is 3.03. The van der Waals surface area contributed by atoms with Crippen molar-refractivity contribution >= 4 is 52.9 Å². The fourth-order valence-electron chi connectivity index (χ4n) is 3.19. The molecule has 1 fully saturated rings. The molecule has 1 aliphatic heterocycles. The first-order valence-electron chi connectivity index (χ1n) is 9.57. The van der Waals surface area contributed by atoms with Crippen molar-refractivity contribution in [3.63, 3.8) is 0 Å². The van der Waals surface area contributed by atoms with E-state index in [2.05, 4.69) is 43.2 Å². The number of hydrogen-bond acceptors (Lipinski definition) is 5. The lowest BCUT2D eigenvalue weighted by Gasteiger charge is -2.44. The minimum absolute atomic E-state index is 0. The van der Waals surface area contributed by atoms with E-state index in [1.165, 1.54) is 11.3 Å². The smallest absolute Gasteiger partial charge is 0.191 e. The molecule has 0 amide bonds. The molecule has 1 aromatic rings. The van der Waals surface area contributed by atoms with Crippen LogP contribution in [0.3, 0.4) is 0 Å². The van der Waals surface area contributed by atoms with Gasteiger partial charge in [-0.15, -0.1) is 35.3 Å². The van der Waals surface area contributed by atoms with Gasteiger partial charge in [-0.25, -0.2) is 0 Å². The molecule has 1 aromatic heterocycles. The van der Waals surface area contributed by atoms with E-state index in [-0.39, 0.29) is 41.7 Å². The molecular formula is C19H34ClIN4O2S. The number of hydrogen-bond donors (Lipinski definition) is 3. The highest BCUT2D eigenvalue weighted by molar-refractivity contribution is 14.0. The van der Waals surface area contributed by atoms with Crippen LogP contribution in [0.2, 0.25) is 4.34 Å². The van der Waals surface area contributed by atoms with Gasteiger partial charge in [0.05, 0.1) is 23.1 Å². The Kier molecular flexibility index (Phi) is 11.0. The number of thiophene rings is 1. The minimum Gasteiger partial charge on any atom is -0.386 e. The third-order valence-corrected chi connectivity index (χ3v) is 5.96. The summed E-state index contributed by atoms with van der Waals surface area (Å²) in [6.45, 7) is 14.3. The van der Waals surface area contributed by atoms with Crippen molar-refractivity contribution in [2.45, 2.75) is 58.5 Å². The molecule has 9 heteroatoms. The SMILES string of the molecule is CCNC(=NCC(C)(C)N1CC(C)OC(C)C1)NCC(O)c1ccc(Cl)s1.I. The lowest BCUT2D eigenvalue weighted by atomic mass is 10.0. The summed E-state index contributed by atoms with van der Waals surface area (Å²) < 4.78 is 6.53. The second-order valence-electron chi connectivity index (χ2n) is 7.71. The molecule has 162 valence electrons. The normalized spacial score (nSPS) is 22.5. The Labute approximate surface area is 195 Å². The third kappa shape index (κ3) is 7.95. The molecule has 0 aliphatic carbocycles. The van der Waals surface area contributed by atoms with Gasteiger partial charge in [0.2, 0.25) is 0 Å². The van der Waals surface area contributed by atoms with E-state index >= 15 is 0 Å². The fourth-order valence-corrected chi connectivity index (χ4v) is 4.23. The topological polar surface area (TPSA) is 69.1 Å². The van der Waals surface area contributed by atoms with Gasteiger partial charge in [-0.3, -0.25) is 9.89 Å². The van der Waals surface area contributed by atoms with E-state index in [0.29, 0.717) is 23.4 Å². The van der Waals surface area contributed by atoms with Gasteiger partial charge in [0.1, 0.15) is 6.10 Å². The summed E-state index contributed by atoms with van der Waals surface area (Å²) >= 11 is 7.34. The van der Waals surface area contributed by atoms with Crippen LogP contribution in [0, 0.1) is 0 Å². The van der Waals surface area contributed by atoms with E-state index in [9.17, 15) is 5.11 Å². The van der Waals surface area contributed by atoms with Crippen LogP contribution in [0.15, 0.2) is 17.1 Å². The Balaban J connectivity index is 0.00000392. The number of halogens is 2. The highest BCUT2D eigenvalue weighted by Gasteiger charge is 2.33. The van der Waals surface area contributed by atoms with Gasteiger partial charge in [-0.2, -0.15) is 0 Å². The molecule has 1 aliphatic rings. The quantitative estimate of drug-likeness (QED) is 0.279. The number of aliphatic hydroxyl groups is 1. The lowest BCUT2D eigenvalue weighted by Crippen LogP contribution is -2.56. The summed E-state index contributed by atoms with van der Waals surface area (Å²) in [5.74, 6) is 0.710. The molecular weight excluding hydrogens is 511 g/mol. The standard InChI is InChI=1S/C19H33ClN4O2S.HI/c1-6-21-18(22-9-15(25)16-7-8-17(20)27-16)23-12-19(4,5)24-10-13(2)26-14(3)11-24;/h7-8,13-15,25H,6,9-12H2,1-5H3,(H2,21,22,23);1H. The van der Waals surface area contributed by atoms with Crippen LogP contribution < -0.4 is 10.6 Å². The zero-order valence-corrected chi connectivity index (χ0v) is 21.3. The van der Waals surface area contributed by atoms with Crippen LogP contribution in [0.1, 0.15) is 45.6 Å². The molecule has 0 radical (unpaired) electrons. The first-order chi connectivity index (χ1) is 12.7. The number of aliphatic imine (C=N–C) groups is 1. The summed E-state index contributed by atoms with van der Waals surface area (Å²) in [6, 6.07) is 3.66. The van der Waals surface area contributed by atoms with Gasteiger partial charge in [0.25, 0.3) is 0 Å². The largest absolute Gasteiger partial charge is 0.386 e. The number of morpholine rings is 1. The van der Waals surface area contributed by atoms with Crippen molar-refractivity contribution < 1.29 is 9.84 Å². The Hall–Kier alpha value is -0.130. The number of rotatable bonds is 7. The maximum absolute atomic E-state index is 10.3. The van der Waals surface area contributed by atoms with Gasteiger partial charge in [-0.05, 0) is 46.8 Å². The van der Waals surface area contributed by atoms with Gasteiger partial charge in [0, 0.05) is 36.6 Å². The number of nitrogens with zero attached hydrogens (tertiary/aromatic N) is 2. The van der Waals surface area contributed by atoms with Crippen LogP contribution in [-0.4, -0.2) is 66.4 Å². The molecule has 0 aromatic carbocycles. The van der Waals surface area contributed by atoms with Crippen molar-refractivity contribution in [2.24, 2.45) is 4.99 Å². The number of guanidine groups is 1. The maximum atomic E-state index is 10.3. The van der Waals surface area contributed by atoms with E-state index in [4.69, 9.17) is 21.3 Å². The second-order valence-corrected chi connectivity index (χ2v) is 9.46. The summed E-state index contributed by atoms with van der Waals surface area (Å²) in [7, 11) is 0. The summed E-state index contributed by atoms with van der Waals surface area (Å²) in [5.41, 5.74) is -0.0749. The van der Waals surface area contributed by atoms with E-state index in [1.807, 2.05) is 13.0 Å². The van der Waals surface area contributed by atoms with Gasteiger partial charge >= 0.3 is 0 Å². The second kappa shape index (κ2) is 11.9. The zero-order valence-electron chi connectivity index (χ0n) is 17.4. The molecule has 3 N–H and O–H groups in total. The Bertz CT molecular complexity index is 619. The Morgan fingerprint density at radius 3 is 2.54 bits per heavy atom. The minimum atomic E-state index is -0.611. The zero-order chi connectivity index (χ0) is 20.0. The van der Waals surface area contributed by atoms with Crippen LogP contribution in [0.5, 0.6) is 0 Å². The van der Waals surface area contributed by atoms with Crippen molar-refractivity contribution in [2.75, 3.05) is 32.7 Å². The molecule has 0 spiro atoms. The molecule has 0 bridgehead atoms. The van der Waals surface area contributed by atoms with E-state index in [0.717, 1.165) is 24.5 Å².